The molecule has 1 aliphatic heterocycles. The minimum Gasteiger partial charge on any atom is -0.324 e. The van der Waals surface area contributed by atoms with Gasteiger partial charge in [-0.3, -0.25) is 19.3 Å². The highest BCUT2D eigenvalue weighted by Gasteiger charge is 2.48. The number of urea groups is 1. The van der Waals surface area contributed by atoms with E-state index in [1.807, 2.05) is 26.0 Å². The summed E-state index contributed by atoms with van der Waals surface area (Å²) in [6, 6.07) is 4.65. The summed E-state index contributed by atoms with van der Waals surface area (Å²) < 4.78 is 0. The van der Waals surface area contributed by atoms with Crippen molar-refractivity contribution in [1.29, 1.82) is 0 Å². The lowest BCUT2D eigenvalue weighted by atomic mass is 10.1. The van der Waals surface area contributed by atoms with Crippen molar-refractivity contribution >= 4 is 29.4 Å². The average Bonchev–Trinajstić information content (AvgIpc) is 3.14. The Morgan fingerprint density at radius 3 is 2.44 bits per heavy atom. The van der Waals surface area contributed by atoms with Crippen LogP contribution in [0.2, 0.25) is 0 Å². The minimum atomic E-state index is -0.923. The maximum absolute atomic E-state index is 12.4. The third kappa shape index (κ3) is 3.26. The Kier molecular flexibility index (Phi) is 4.57. The van der Waals surface area contributed by atoms with Crippen LogP contribution >= 0.6 is 0 Å². The maximum atomic E-state index is 12.4. The van der Waals surface area contributed by atoms with Crippen molar-refractivity contribution in [3.05, 3.63) is 29.3 Å². The number of carbonyl (C=O) groups is 4. The first kappa shape index (κ1) is 17.1. The zero-order valence-corrected chi connectivity index (χ0v) is 14.4. The monoisotopic (exact) mass is 343 g/mol. The molecule has 1 aliphatic carbocycles. The predicted molar refractivity (Wildman–Crippen MR) is 90.8 cm³/mol. The summed E-state index contributed by atoms with van der Waals surface area (Å²) in [5.74, 6) is -2.25. The lowest BCUT2D eigenvalue weighted by Gasteiger charge is -2.21. The summed E-state index contributed by atoms with van der Waals surface area (Å²) in [5.41, 5.74) is 2.57. The largest absolute Gasteiger partial charge is 0.334 e. The van der Waals surface area contributed by atoms with E-state index in [0.29, 0.717) is 18.5 Å². The molecule has 0 unspecified atom stereocenters. The van der Waals surface area contributed by atoms with E-state index in [1.165, 1.54) is 0 Å². The summed E-state index contributed by atoms with van der Waals surface area (Å²) in [4.78, 5) is 50.7. The molecular weight excluding hydrogens is 322 g/mol. The van der Waals surface area contributed by atoms with Crippen LogP contribution in [-0.4, -0.2) is 46.1 Å². The smallest absolute Gasteiger partial charge is 0.324 e. The number of nitrogens with one attached hydrogen (secondary N) is 1. The molecule has 1 saturated heterocycles. The van der Waals surface area contributed by atoms with Gasteiger partial charge in [-0.2, -0.15) is 0 Å². The number of amides is 5. The number of imide groups is 2. The van der Waals surface area contributed by atoms with E-state index in [1.54, 1.807) is 6.07 Å². The second kappa shape index (κ2) is 6.66. The van der Waals surface area contributed by atoms with E-state index in [9.17, 15) is 19.2 Å². The molecule has 0 spiro atoms. The summed E-state index contributed by atoms with van der Waals surface area (Å²) in [5, 5.41) is 2.69. The van der Waals surface area contributed by atoms with Crippen LogP contribution in [0.3, 0.4) is 0 Å². The van der Waals surface area contributed by atoms with Gasteiger partial charge in [0, 0.05) is 11.7 Å². The molecule has 1 aromatic rings. The van der Waals surface area contributed by atoms with Gasteiger partial charge in [0.15, 0.2) is 0 Å². The fraction of sp³-hybridized carbons (Fsp3) is 0.444. The van der Waals surface area contributed by atoms with Gasteiger partial charge in [-0.1, -0.05) is 30.5 Å². The highest BCUT2D eigenvalue weighted by atomic mass is 16.2. The fourth-order valence-electron chi connectivity index (χ4n) is 3.43. The van der Waals surface area contributed by atoms with Gasteiger partial charge in [0.25, 0.3) is 0 Å². The third-order valence-electron chi connectivity index (χ3n) is 4.73. The molecule has 3 rings (SSSR count). The summed E-state index contributed by atoms with van der Waals surface area (Å²) in [6.45, 7) is 3.35. The van der Waals surface area contributed by atoms with Crippen LogP contribution in [0.15, 0.2) is 18.2 Å². The standard InChI is InChI=1S/C18H21N3O4/c1-11-7-8-14(12(2)9-11)19-15(22)10-20-16(23)17(24)21(18(20)25)13-5-3-4-6-13/h7-9,13H,3-6,10H2,1-2H3,(H,19,22). The van der Waals surface area contributed by atoms with Gasteiger partial charge >= 0.3 is 17.8 Å². The summed E-state index contributed by atoms with van der Waals surface area (Å²) in [7, 11) is 0. The molecule has 5 amide bonds. The maximum Gasteiger partial charge on any atom is 0.334 e. The zero-order valence-electron chi connectivity index (χ0n) is 14.4. The van der Waals surface area contributed by atoms with Gasteiger partial charge in [0.05, 0.1) is 0 Å². The number of aryl methyl sites for hydroxylation is 2. The van der Waals surface area contributed by atoms with Gasteiger partial charge in [-0.25, -0.2) is 9.69 Å². The Hall–Kier alpha value is -2.70. The van der Waals surface area contributed by atoms with Crippen LogP contribution in [0.1, 0.15) is 36.8 Å². The van der Waals surface area contributed by atoms with Crippen molar-refractivity contribution in [2.75, 3.05) is 11.9 Å². The van der Waals surface area contributed by atoms with Crippen LogP contribution in [0.25, 0.3) is 0 Å². The molecule has 1 aromatic carbocycles. The molecule has 0 aromatic heterocycles. The molecule has 2 fully saturated rings. The van der Waals surface area contributed by atoms with Crippen LogP contribution in [0.4, 0.5) is 10.5 Å². The Balaban J connectivity index is 1.69. The average molecular weight is 343 g/mol. The van der Waals surface area contributed by atoms with Crippen LogP contribution < -0.4 is 5.32 Å². The normalized spacial score (nSPS) is 18.4. The van der Waals surface area contributed by atoms with Crippen molar-refractivity contribution in [3.63, 3.8) is 0 Å². The molecular formula is C18H21N3O4. The van der Waals surface area contributed by atoms with Gasteiger partial charge < -0.3 is 5.32 Å². The summed E-state index contributed by atoms with van der Waals surface area (Å²) >= 11 is 0. The van der Waals surface area contributed by atoms with E-state index in [4.69, 9.17) is 0 Å². The van der Waals surface area contributed by atoms with Crippen LogP contribution in [0, 0.1) is 13.8 Å². The lowest BCUT2D eigenvalue weighted by molar-refractivity contribution is -0.144. The van der Waals surface area contributed by atoms with E-state index < -0.39 is 30.3 Å². The molecule has 1 heterocycles. The topological polar surface area (TPSA) is 86.8 Å². The first-order valence-electron chi connectivity index (χ1n) is 8.44. The highest BCUT2D eigenvalue weighted by molar-refractivity contribution is 6.45. The molecule has 25 heavy (non-hydrogen) atoms. The van der Waals surface area contributed by atoms with Gasteiger partial charge in [-0.05, 0) is 38.3 Å². The SMILES string of the molecule is Cc1ccc(NC(=O)CN2C(=O)C(=O)N(C3CCCC3)C2=O)c(C)c1. The Bertz CT molecular complexity index is 753. The van der Waals surface area contributed by atoms with Gasteiger partial charge in [0.1, 0.15) is 6.54 Å². The summed E-state index contributed by atoms with van der Waals surface area (Å²) in [6.07, 6.45) is 3.30. The number of benzene rings is 1. The first-order valence-corrected chi connectivity index (χ1v) is 8.44. The zero-order chi connectivity index (χ0) is 18.1. The molecule has 0 atom stereocenters. The molecule has 0 radical (unpaired) electrons. The van der Waals surface area contributed by atoms with Crippen molar-refractivity contribution in [2.24, 2.45) is 0 Å². The molecule has 1 saturated carbocycles. The number of hydrogen-bond donors (Lipinski definition) is 1. The van der Waals surface area contributed by atoms with E-state index in [0.717, 1.165) is 33.8 Å². The molecule has 0 bridgehead atoms. The number of anilines is 1. The van der Waals surface area contributed by atoms with Gasteiger partial charge in [-0.15, -0.1) is 0 Å². The molecule has 2 aliphatic rings. The Labute approximate surface area is 146 Å². The molecule has 7 nitrogen and oxygen atoms in total. The Morgan fingerprint density at radius 2 is 1.80 bits per heavy atom. The van der Waals surface area contributed by atoms with Crippen LogP contribution in [0.5, 0.6) is 0 Å². The second-order valence-corrected chi connectivity index (χ2v) is 6.65. The highest BCUT2D eigenvalue weighted by Crippen LogP contribution is 2.27. The molecule has 7 heteroatoms. The minimum absolute atomic E-state index is 0.226. The van der Waals surface area contributed by atoms with Crippen LogP contribution in [-0.2, 0) is 14.4 Å². The number of hydrogen-bond acceptors (Lipinski definition) is 4. The van der Waals surface area contributed by atoms with Crippen molar-refractivity contribution < 1.29 is 19.2 Å². The van der Waals surface area contributed by atoms with E-state index in [-0.39, 0.29) is 6.04 Å². The van der Waals surface area contributed by atoms with E-state index in [2.05, 4.69) is 5.32 Å². The van der Waals surface area contributed by atoms with Crippen molar-refractivity contribution in [1.82, 2.24) is 9.80 Å². The molecule has 132 valence electrons. The predicted octanol–water partition coefficient (Wildman–Crippen LogP) is 1.98. The van der Waals surface area contributed by atoms with E-state index >= 15 is 0 Å². The Morgan fingerprint density at radius 1 is 1.12 bits per heavy atom. The second-order valence-electron chi connectivity index (χ2n) is 6.65. The third-order valence-corrected chi connectivity index (χ3v) is 4.73. The van der Waals surface area contributed by atoms with Crippen molar-refractivity contribution in [3.8, 4) is 0 Å². The van der Waals surface area contributed by atoms with Crippen molar-refractivity contribution in [2.45, 2.75) is 45.6 Å². The van der Waals surface area contributed by atoms with Gasteiger partial charge in [0.2, 0.25) is 5.91 Å². The number of carbonyl (C=O) groups excluding carboxylic acids is 4. The lowest BCUT2D eigenvalue weighted by Crippen LogP contribution is -2.41. The quantitative estimate of drug-likeness (QED) is 0.669. The number of rotatable bonds is 4. The number of nitrogens with zero attached hydrogens (tertiary/aromatic N) is 2. The fourth-order valence-corrected chi connectivity index (χ4v) is 3.43. The molecule has 1 N–H and O–H groups in total. The first-order chi connectivity index (χ1) is 11.9.